The van der Waals surface area contributed by atoms with Gasteiger partial charge in [-0.1, -0.05) is 25.3 Å². The number of nitrogens with zero attached hydrogens (tertiary/aromatic N) is 3. The highest BCUT2D eigenvalue weighted by Gasteiger charge is 2.44. The standard InChI is InChI=1S/C28H35FN4O4/c1-17-26(32-25-9-8-19(11-24(25)29)10-18-4-2-5-18)30-16-31-27(17)36-23-12-20-14-35-15-21(13-23)33(20)28(34)37-22-6-3-7-22/h8-9,11,16,18,20-23H,2-7,10,12-15H2,1H3,(H,30,31,32). The van der Waals surface area contributed by atoms with Gasteiger partial charge < -0.3 is 19.5 Å². The lowest BCUT2D eigenvalue weighted by molar-refractivity contribution is -0.0984. The Hall–Kier alpha value is -2.94. The number of amides is 1. The second-order valence-corrected chi connectivity index (χ2v) is 11.0. The van der Waals surface area contributed by atoms with Crippen molar-refractivity contribution in [2.45, 2.75) is 89.0 Å². The van der Waals surface area contributed by atoms with E-state index in [1.54, 1.807) is 12.1 Å². The van der Waals surface area contributed by atoms with Gasteiger partial charge in [0.25, 0.3) is 0 Å². The van der Waals surface area contributed by atoms with E-state index in [2.05, 4.69) is 15.3 Å². The maximum Gasteiger partial charge on any atom is 0.410 e. The Kier molecular flexibility index (Phi) is 6.88. The van der Waals surface area contributed by atoms with Gasteiger partial charge >= 0.3 is 6.09 Å². The van der Waals surface area contributed by atoms with Crippen LogP contribution in [0.3, 0.4) is 0 Å². The highest BCUT2D eigenvalue weighted by atomic mass is 19.1. The minimum atomic E-state index is -0.286. The molecule has 6 rings (SSSR count). The zero-order chi connectivity index (χ0) is 25.4. The van der Waals surface area contributed by atoms with Crippen molar-refractivity contribution in [3.05, 3.63) is 41.5 Å². The Morgan fingerprint density at radius 3 is 2.51 bits per heavy atom. The number of morpholine rings is 1. The number of hydrogen-bond acceptors (Lipinski definition) is 7. The number of aromatic nitrogens is 2. The summed E-state index contributed by atoms with van der Waals surface area (Å²) in [6.07, 6.45) is 10.1. The number of nitrogens with one attached hydrogen (secondary N) is 1. The summed E-state index contributed by atoms with van der Waals surface area (Å²) in [5.74, 6) is 1.38. The van der Waals surface area contributed by atoms with E-state index in [1.807, 2.05) is 17.9 Å². The summed E-state index contributed by atoms with van der Waals surface area (Å²) in [5.41, 5.74) is 2.14. The highest BCUT2D eigenvalue weighted by Crippen LogP contribution is 2.35. The molecular weight excluding hydrogens is 475 g/mol. The van der Waals surface area contributed by atoms with Crippen LogP contribution in [-0.4, -0.2) is 58.5 Å². The van der Waals surface area contributed by atoms with Gasteiger partial charge in [-0.15, -0.1) is 0 Å². The third-order valence-corrected chi connectivity index (χ3v) is 8.36. The molecule has 1 aromatic heterocycles. The molecule has 1 N–H and O–H groups in total. The summed E-state index contributed by atoms with van der Waals surface area (Å²) in [4.78, 5) is 23.4. The topological polar surface area (TPSA) is 85.8 Å². The molecule has 37 heavy (non-hydrogen) atoms. The normalized spacial score (nSPS) is 25.7. The van der Waals surface area contributed by atoms with Crippen LogP contribution in [0.4, 0.5) is 20.7 Å². The average molecular weight is 511 g/mol. The number of piperidine rings is 1. The van der Waals surface area contributed by atoms with Gasteiger partial charge in [0.05, 0.1) is 36.5 Å². The first-order valence-corrected chi connectivity index (χ1v) is 13.6. The fourth-order valence-electron chi connectivity index (χ4n) is 5.73. The summed E-state index contributed by atoms with van der Waals surface area (Å²) >= 11 is 0. The molecule has 8 nitrogen and oxygen atoms in total. The van der Waals surface area contributed by atoms with Crippen LogP contribution in [0.1, 0.15) is 62.5 Å². The van der Waals surface area contributed by atoms with E-state index in [0.717, 1.165) is 31.2 Å². The molecule has 2 aromatic rings. The lowest BCUT2D eigenvalue weighted by atomic mass is 9.81. The van der Waals surface area contributed by atoms with E-state index in [0.29, 0.717) is 54.9 Å². The molecule has 1 aromatic carbocycles. The SMILES string of the molecule is Cc1c(Nc2ccc(CC3CCC3)cc2F)ncnc1OC1CC2COCC(C1)N2C(=O)OC1CCC1. The number of fused-ring (bicyclic) bond motifs is 2. The van der Waals surface area contributed by atoms with Crippen molar-refractivity contribution in [3.8, 4) is 5.88 Å². The van der Waals surface area contributed by atoms with Gasteiger partial charge in [0.1, 0.15) is 30.2 Å². The third-order valence-electron chi connectivity index (χ3n) is 8.36. The maximum absolute atomic E-state index is 14.9. The van der Waals surface area contributed by atoms with E-state index >= 15 is 0 Å². The van der Waals surface area contributed by atoms with Gasteiger partial charge in [-0.05, 0) is 56.2 Å². The van der Waals surface area contributed by atoms with Crippen molar-refractivity contribution in [1.29, 1.82) is 0 Å². The molecule has 198 valence electrons. The number of anilines is 2. The van der Waals surface area contributed by atoms with E-state index < -0.39 is 0 Å². The van der Waals surface area contributed by atoms with E-state index in [-0.39, 0.29) is 36.2 Å². The lowest BCUT2D eigenvalue weighted by Gasteiger charge is -2.47. The predicted molar refractivity (Wildman–Crippen MR) is 136 cm³/mol. The van der Waals surface area contributed by atoms with Crippen LogP contribution in [0.15, 0.2) is 24.5 Å². The van der Waals surface area contributed by atoms with Gasteiger partial charge in [0.2, 0.25) is 5.88 Å². The first-order chi connectivity index (χ1) is 18.0. The summed E-state index contributed by atoms with van der Waals surface area (Å²) in [6.45, 7) is 2.82. The Bertz CT molecular complexity index is 1130. The van der Waals surface area contributed by atoms with Crippen LogP contribution in [0.25, 0.3) is 0 Å². The van der Waals surface area contributed by atoms with Crippen LogP contribution in [0.2, 0.25) is 0 Å². The number of hydrogen-bond donors (Lipinski definition) is 1. The number of halogens is 1. The monoisotopic (exact) mass is 510 g/mol. The molecule has 1 amide bonds. The van der Waals surface area contributed by atoms with E-state index in [4.69, 9.17) is 14.2 Å². The number of benzene rings is 1. The van der Waals surface area contributed by atoms with Gasteiger partial charge in [0, 0.05) is 12.8 Å². The van der Waals surface area contributed by atoms with Gasteiger partial charge in [-0.3, -0.25) is 4.90 Å². The van der Waals surface area contributed by atoms with Crippen LogP contribution in [0.5, 0.6) is 5.88 Å². The van der Waals surface area contributed by atoms with Gasteiger partial charge in [-0.2, -0.15) is 0 Å². The first-order valence-electron chi connectivity index (χ1n) is 13.6. The predicted octanol–water partition coefficient (Wildman–Crippen LogP) is 5.31. The van der Waals surface area contributed by atoms with Crippen LogP contribution >= 0.6 is 0 Å². The zero-order valence-corrected chi connectivity index (χ0v) is 21.3. The minimum Gasteiger partial charge on any atom is -0.474 e. The highest BCUT2D eigenvalue weighted by molar-refractivity contribution is 5.69. The molecule has 0 spiro atoms. The van der Waals surface area contributed by atoms with E-state index in [9.17, 15) is 9.18 Å². The molecule has 0 radical (unpaired) electrons. The summed E-state index contributed by atoms with van der Waals surface area (Å²) in [7, 11) is 0. The van der Waals surface area contributed by atoms with Crippen molar-refractivity contribution >= 4 is 17.6 Å². The van der Waals surface area contributed by atoms with Crippen molar-refractivity contribution in [2.75, 3.05) is 18.5 Å². The molecule has 2 atom stereocenters. The molecule has 9 heteroatoms. The Balaban J connectivity index is 1.11. The van der Waals surface area contributed by atoms with Crippen molar-refractivity contribution in [2.24, 2.45) is 5.92 Å². The summed E-state index contributed by atoms with van der Waals surface area (Å²) in [6, 6.07) is 5.22. The minimum absolute atomic E-state index is 0.0569. The molecule has 2 aliphatic heterocycles. The molecule has 2 saturated carbocycles. The molecule has 4 aliphatic rings. The van der Waals surface area contributed by atoms with Crippen LogP contribution in [0, 0.1) is 18.7 Å². The van der Waals surface area contributed by atoms with Crippen molar-refractivity contribution < 1.29 is 23.4 Å². The number of ether oxygens (including phenoxy) is 3. The quantitative estimate of drug-likeness (QED) is 0.540. The van der Waals surface area contributed by atoms with Gasteiger partial charge in [-0.25, -0.2) is 19.2 Å². The largest absolute Gasteiger partial charge is 0.474 e. The van der Waals surface area contributed by atoms with Gasteiger partial charge in [0.15, 0.2) is 0 Å². The molecule has 2 saturated heterocycles. The summed E-state index contributed by atoms with van der Waals surface area (Å²) < 4.78 is 32.6. The molecule has 2 aliphatic carbocycles. The van der Waals surface area contributed by atoms with E-state index in [1.165, 1.54) is 25.6 Å². The second kappa shape index (κ2) is 10.4. The maximum atomic E-state index is 14.9. The lowest BCUT2D eigenvalue weighted by Crippen LogP contribution is -2.61. The average Bonchev–Trinajstić information content (AvgIpc) is 2.82. The zero-order valence-electron chi connectivity index (χ0n) is 21.3. The summed E-state index contributed by atoms with van der Waals surface area (Å²) in [5, 5.41) is 3.12. The number of rotatable bonds is 7. The fourth-order valence-corrected chi connectivity index (χ4v) is 5.73. The number of carbonyl (C=O) groups excluding carboxylic acids is 1. The Morgan fingerprint density at radius 1 is 1.11 bits per heavy atom. The Labute approximate surface area is 216 Å². The molecule has 2 unspecified atom stereocenters. The van der Waals surface area contributed by atoms with Crippen molar-refractivity contribution in [3.63, 3.8) is 0 Å². The third kappa shape index (κ3) is 5.23. The smallest absolute Gasteiger partial charge is 0.410 e. The fraction of sp³-hybridized carbons (Fsp3) is 0.607. The van der Waals surface area contributed by atoms with Crippen LogP contribution < -0.4 is 10.1 Å². The molecular formula is C28H35FN4O4. The first kappa shape index (κ1) is 24.4. The number of carbonyl (C=O) groups is 1. The molecule has 4 fully saturated rings. The molecule has 2 bridgehead atoms. The molecule has 3 heterocycles. The van der Waals surface area contributed by atoms with Crippen LogP contribution in [-0.2, 0) is 15.9 Å². The Morgan fingerprint density at radius 2 is 1.86 bits per heavy atom. The van der Waals surface area contributed by atoms with Crippen molar-refractivity contribution in [1.82, 2.24) is 14.9 Å². The second-order valence-electron chi connectivity index (χ2n) is 11.0.